The maximum Gasteiger partial charge on any atom is 0.224 e. The number of aromatic nitrogens is 4. The third kappa shape index (κ3) is 3.21. The molecule has 1 saturated heterocycles. The lowest BCUT2D eigenvalue weighted by Crippen LogP contribution is -2.41. The smallest absolute Gasteiger partial charge is 0.224 e. The van der Waals surface area contributed by atoms with Crippen molar-refractivity contribution in [2.45, 2.75) is 45.7 Å². The van der Waals surface area contributed by atoms with Gasteiger partial charge in [0.1, 0.15) is 5.82 Å². The number of amides is 1. The van der Waals surface area contributed by atoms with Gasteiger partial charge >= 0.3 is 0 Å². The van der Waals surface area contributed by atoms with Crippen LogP contribution in [0, 0.1) is 13.8 Å². The molecule has 1 atom stereocenters. The predicted molar refractivity (Wildman–Crippen MR) is 83.4 cm³/mol. The monoisotopic (exact) mass is 301 g/mol. The van der Waals surface area contributed by atoms with E-state index in [-0.39, 0.29) is 5.91 Å². The molecule has 0 unspecified atom stereocenters. The molecule has 1 aliphatic heterocycles. The first-order valence-electron chi connectivity index (χ1n) is 7.90. The molecule has 118 valence electrons. The quantitative estimate of drug-likeness (QED) is 0.867. The summed E-state index contributed by atoms with van der Waals surface area (Å²) in [5, 5.41) is 4.23. The summed E-state index contributed by atoms with van der Waals surface area (Å²) in [5.74, 6) is 1.24. The van der Waals surface area contributed by atoms with E-state index in [1.165, 1.54) is 0 Å². The van der Waals surface area contributed by atoms with Crippen molar-refractivity contribution in [3.8, 4) is 0 Å². The number of aryl methyl sites for hydroxylation is 3. The normalized spacial score (nSPS) is 18.6. The van der Waals surface area contributed by atoms with E-state index in [2.05, 4.69) is 14.6 Å². The van der Waals surface area contributed by atoms with Crippen LogP contribution >= 0.6 is 0 Å². The first kappa shape index (κ1) is 14.8. The van der Waals surface area contributed by atoms with Crippen LogP contribution in [0.15, 0.2) is 24.8 Å². The van der Waals surface area contributed by atoms with Gasteiger partial charge in [0.2, 0.25) is 5.91 Å². The molecule has 0 bridgehead atoms. The van der Waals surface area contributed by atoms with Crippen molar-refractivity contribution >= 4 is 5.91 Å². The Morgan fingerprint density at radius 3 is 2.95 bits per heavy atom. The summed E-state index contributed by atoms with van der Waals surface area (Å²) in [7, 11) is 0. The molecule has 0 aromatic carbocycles. The maximum absolute atomic E-state index is 12.4. The average molecular weight is 301 g/mol. The molecule has 0 N–H and O–H groups in total. The van der Waals surface area contributed by atoms with Gasteiger partial charge in [0, 0.05) is 44.6 Å². The predicted octanol–water partition coefficient (Wildman–Crippen LogP) is 1.95. The van der Waals surface area contributed by atoms with E-state index >= 15 is 0 Å². The Balaban J connectivity index is 1.57. The summed E-state index contributed by atoms with van der Waals surface area (Å²) in [4.78, 5) is 18.7. The van der Waals surface area contributed by atoms with Crippen LogP contribution in [-0.4, -0.2) is 43.2 Å². The molecule has 6 nitrogen and oxygen atoms in total. The second-order valence-corrected chi connectivity index (χ2v) is 6.05. The van der Waals surface area contributed by atoms with Gasteiger partial charge in [-0.3, -0.25) is 9.48 Å². The van der Waals surface area contributed by atoms with Crippen molar-refractivity contribution in [1.82, 2.24) is 24.2 Å². The van der Waals surface area contributed by atoms with Crippen molar-refractivity contribution < 1.29 is 4.79 Å². The second kappa shape index (κ2) is 6.34. The molecule has 0 aliphatic carbocycles. The lowest BCUT2D eigenvalue weighted by atomic mass is 10.0. The number of hydrogen-bond acceptors (Lipinski definition) is 3. The Kier molecular flexibility index (Phi) is 4.27. The van der Waals surface area contributed by atoms with Crippen molar-refractivity contribution in [1.29, 1.82) is 0 Å². The molecule has 22 heavy (non-hydrogen) atoms. The number of rotatable bonds is 4. The minimum atomic E-state index is 0.218. The van der Waals surface area contributed by atoms with Crippen molar-refractivity contribution in [3.05, 3.63) is 36.2 Å². The molecule has 3 heterocycles. The minimum Gasteiger partial charge on any atom is -0.341 e. The number of carbonyl (C=O) groups excluding carboxylic acids is 1. The Morgan fingerprint density at radius 1 is 1.41 bits per heavy atom. The zero-order valence-electron chi connectivity index (χ0n) is 13.3. The van der Waals surface area contributed by atoms with Gasteiger partial charge in [-0.2, -0.15) is 5.10 Å². The molecule has 0 saturated carbocycles. The number of nitrogens with zero attached hydrogens (tertiary/aromatic N) is 5. The van der Waals surface area contributed by atoms with Crippen LogP contribution in [0.5, 0.6) is 0 Å². The van der Waals surface area contributed by atoms with Crippen LogP contribution in [0.25, 0.3) is 0 Å². The second-order valence-electron chi connectivity index (χ2n) is 6.05. The summed E-state index contributed by atoms with van der Waals surface area (Å²) in [6.07, 6.45) is 10.3. The fourth-order valence-corrected chi connectivity index (χ4v) is 3.14. The molecule has 2 aromatic heterocycles. The number of hydrogen-bond donors (Lipinski definition) is 0. The largest absolute Gasteiger partial charge is 0.341 e. The van der Waals surface area contributed by atoms with Crippen molar-refractivity contribution in [2.75, 3.05) is 13.1 Å². The van der Waals surface area contributed by atoms with Crippen LogP contribution in [0.2, 0.25) is 0 Å². The van der Waals surface area contributed by atoms with E-state index in [4.69, 9.17) is 0 Å². The molecule has 0 spiro atoms. The highest BCUT2D eigenvalue weighted by molar-refractivity contribution is 5.76. The Hall–Kier alpha value is -2.11. The summed E-state index contributed by atoms with van der Waals surface area (Å²) in [6.45, 7) is 6.32. The molecule has 6 heteroatoms. The van der Waals surface area contributed by atoms with E-state index in [9.17, 15) is 4.79 Å². The summed E-state index contributed by atoms with van der Waals surface area (Å²) < 4.78 is 4.03. The molecule has 1 amide bonds. The molecule has 1 aliphatic rings. The van der Waals surface area contributed by atoms with Crippen LogP contribution in [0.4, 0.5) is 0 Å². The Bertz CT molecular complexity index is 645. The minimum absolute atomic E-state index is 0.218. The Labute approximate surface area is 130 Å². The van der Waals surface area contributed by atoms with Gasteiger partial charge in [-0.15, -0.1) is 0 Å². The van der Waals surface area contributed by atoms with Crippen molar-refractivity contribution in [2.24, 2.45) is 0 Å². The lowest BCUT2D eigenvalue weighted by molar-refractivity contribution is -0.133. The molecule has 0 radical (unpaired) electrons. The van der Waals surface area contributed by atoms with Gasteiger partial charge in [0.25, 0.3) is 0 Å². The SMILES string of the molecule is Cc1cnn(CCC(=O)N2CCC[C@@H](n3ccnc3C)C2)c1. The molecule has 3 rings (SSSR count). The van der Waals surface area contributed by atoms with Gasteiger partial charge in [0.15, 0.2) is 0 Å². The van der Waals surface area contributed by atoms with Gasteiger partial charge in [-0.1, -0.05) is 0 Å². The van der Waals surface area contributed by atoms with Crippen LogP contribution in [0.3, 0.4) is 0 Å². The first-order valence-corrected chi connectivity index (χ1v) is 7.90. The first-order chi connectivity index (χ1) is 10.6. The number of imidazole rings is 1. The van der Waals surface area contributed by atoms with E-state index in [0.29, 0.717) is 19.0 Å². The average Bonchev–Trinajstić information content (AvgIpc) is 3.13. The van der Waals surface area contributed by atoms with Gasteiger partial charge in [-0.25, -0.2) is 4.98 Å². The van der Waals surface area contributed by atoms with Gasteiger partial charge in [0.05, 0.1) is 12.2 Å². The van der Waals surface area contributed by atoms with Gasteiger partial charge in [-0.05, 0) is 32.3 Å². The van der Waals surface area contributed by atoms with Crippen molar-refractivity contribution in [3.63, 3.8) is 0 Å². The van der Waals surface area contributed by atoms with E-state index < -0.39 is 0 Å². The fraction of sp³-hybridized carbons (Fsp3) is 0.562. The third-order valence-corrected chi connectivity index (χ3v) is 4.32. The zero-order valence-corrected chi connectivity index (χ0v) is 13.3. The van der Waals surface area contributed by atoms with E-state index in [0.717, 1.165) is 37.3 Å². The standard InChI is InChI=1S/C16H23N5O/c1-13-10-18-20(11-13)8-5-16(22)19-7-3-4-15(12-19)21-9-6-17-14(21)2/h6,9-11,15H,3-5,7-8,12H2,1-2H3/t15-/m1/s1. The maximum atomic E-state index is 12.4. The summed E-state index contributed by atoms with van der Waals surface area (Å²) in [6, 6.07) is 0.354. The zero-order chi connectivity index (χ0) is 15.5. The topological polar surface area (TPSA) is 56.0 Å². The summed E-state index contributed by atoms with van der Waals surface area (Å²) in [5.41, 5.74) is 1.13. The lowest BCUT2D eigenvalue weighted by Gasteiger charge is -2.34. The van der Waals surface area contributed by atoms with Crippen LogP contribution in [-0.2, 0) is 11.3 Å². The highest BCUT2D eigenvalue weighted by Gasteiger charge is 2.25. The third-order valence-electron chi connectivity index (χ3n) is 4.32. The molecule has 2 aromatic rings. The Morgan fingerprint density at radius 2 is 2.27 bits per heavy atom. The highest BCUT2D eigenvalue weighted by atomic mass is 16.2. The fourth-order valence-electron chi connectivity index (χ4n) is 3.14. The molecular formula is C16H23N5O. The van der Waals surface area contributed by atoms with Crippen LogP contribution < -0.4 is 0 Å². The molecular weight excluding hydrogens is 278 g/mol. The van der Waals surface area contributed by atoms with E-state index in [1.54, 1.807) is 0 Å². The number of piperidine rings is 1. The van der Waals surface area contributed by atoms with E-state index in [1.807, 2.05) is 48.2 Å². The number of likely N-dealkylation sites (tertiary alicyclic amines) is 1. The number of carbonyl (C=O) groups is 1. The highest BCUT2D eigenvalue weighted by Crippen LogP contribution is 2.23. The van der Waals surface area contributed by atoms with Gasteiger partial charge < -0.3 is 9.47 Å². The summed E-state index contributed by atoms with van der Waals surface area (Å²) >= 11 is 0. The van der Waals surface area contributed by atoms with Crippen LogP contribution in [0.1, 0.15) is 36.7 Å². The molecule has 1 fully saturated rings.